The standard InChI is InChI=1S/C26H24N2O4/c1-26(2,3)21-13-6-7-14-22(21)32-16-23(29)27-17-9-8-10-18(15-17)28-24(30)19-11-4-5-12-20(19)25(28)31/h4-15H,16H2,1-3H3,(H,27,29). The third kappa shape index (κ3) is 4.12. The number of anilines is 2. The Morgan fingerprint density at radius 2 is 1.50 bits per heavy atom. The van der Waals surface area contributed by atoms with Crippen molar-refractivity contribution < 1.29 is 19.1 Å². The maximum Gasteiger partial charge on any atom is 0.266 e. The smallest absolute Gasteiger partial charge is 0.266 e. The van der Waals surface area contributed by atoms with Gasteiger partial charge >= 0.3 is 0 Å². The van der Waals surface area contributed by atoms with E-state index in [-0.39, 0.29) is 29.7 Å². The van der Waals surface area contributed by atoms with E-state index in [4.69, 9.17) is 4.74 Å². The van der Waals surface area contributed by atoms with Crippen LogP contribution in [0.4, 0.5) is 11.4 Å². The first-order chi connectivity index (χ1) is 15.3. The topological polar surface area (TPSA) is 75.7 Å². The molecule has 0 aromatic heterocycles. The van der Waals surface area contributed by atoms with E-state index >= 15 is 0 Å². The van der Waals surface area contributed by atoms with Crippen molar-refractivity contribution >= 4 is 29.1 Å². The molecule has 0 saturated carbocycles. The van der Waals surface area contributed by atoms with Crippen molar-refractivity contribution in [2.24, 2.45) is 0 Å². The lowest BCUT2D eigenvalue weighted by molar-refractivity contribution is -0.118. The van der Waals surface area contributed by atoms with Crippen molar-refractivity contribution in [3.05, 3.63) is 89.5 Å². The van der Waals surface area contributed by atoms with Gasteiger partial charge in [-0.1, -0.05) is 57.2 Å². The molecule has 0 spiro atoms. The van der Waals surface area contributed by atoms with Gasteiger partial charge in [-0.05, 0) is 47.4 Å². The number of imide groups is 1. The van der Waals surface area contributed by atoms with Crippen LogP contribution < -0.4 is 15.0 Å². The molecule has 1 heterocycles. The number of nitrogens with zero attached hydrogens (tertiary/aromatic N) is 1. The second kappa shape index (κ2) is 8.30. The SMILES string of the molecule is CC(C)(C)c1ccccc1OCC(=O)Nc1cccc(N2C(=O)c3ccccc3C2=O)c1. The minimum Gasteiger partial charge on any atom is -0.483 e. The fraction of sp³-hybridized carbons (Fsp3) is 0.192. The summed E-state index contributed by atoms with van der Waals surface area (Å²) in [6, 6.07) is 21.0. The van der Waals surface area contributed by atoms with Gasteiger partial charge < -0.3 is 10.1 Å². The number of rotatable bonds is 5. The number of benzene rings is 3. The van der Waals surface area contributed by atoms with Gasteiger partial charge in [0.25, 0.3) is 17.7 Å². The number of amides is 3. The Morgan fingerprint density at radius 3 is 2.16 bits per heavy atom. The lowest BCUT2D eigenvalue weighted by atomic mass is 9.86. The molecule has 3 aromatic rings. The summed E-state index contributed by atoms with van der Waals surface area (Å²) in [5.74, 6) is -0.435. The van der Waals surface area contributed by atoms with Crippen LogP contribution in [0.3, 0.4) is 0 Å². The summed E-state index contributed by atoms with van der Waals surface area (Å²) in [4.78, 5) is 39.0. The van der Waals surface area contributed by atoms with Crippen LogP contribution in [0.25, 0.3) is 0 Å². The lowest BCUT2D eigenvalue weighted by Crippen LogP contribution is -2.29. The van der Waals surface area contributed by atoms with E-state index in [1.54, 1.807) is 48.5 Å². The average Bonchev–Trinajstić information content (AvgIpc) is 3.02. The number of hydrogen-bond donors (Lipinski definition) is 1. The highest BCUT2D eigenvalue weighted by atomic mass is 16.5. The lowest BCUT2D eigenvalue weighted by Gasteiger charge is -2.22. The van der Waals surface area contributed by atoms with Gasteiger partial charge in [0.1, 0.15) is 5.75 Å². The van der Waals surface area contributed by atoms with Gasteiger partial charge in [-0.3, -0.25) is 14.4 Å². The van der Waals surface area contributed by atoms with Crippen molar-refractivity contribution in [2.45, 2.75) is 26.2 Å². The molecule has 4 rings (SSSR count). The minimum absolute atomic E-state index is 0.117. The van der Waals surface area contributed by atoms with E-state index < -0.39 is 0 Å². The number of para-hydroxylation sites is 1. The Balaban J connectivity index is 1.46. The molecule has 0 saturated heterocycles. The molecule has 3 amide bonds. The van der Waals surface area contributed by atoms with Crippen LogP contribution in [0.2, 0.25) is 0 Å². The molecule has 0 bridgehead atoms. The van der Waals surface area contributed by atoms with Crippen LogP contribution in [-0.2, 0) is 10.2 Å². The molecule has 1 aliphatic rings. The highest BCUT2D eigenvalue weighted by molar-refractivity contribution is 6.34. The summed E-state index contributed by atoms with van der Waals surface area (Å²) in [6.45, 7) is 6.09. The molecule has 6 heteroatoms. The predicted molar refractivity (Wildman–Crippen MR) is 123 cm³/mol. The van der Waals surface area contributed by atoms with Gasteiger partial charge in [-0.2, -0.15) is 0 Å². The van der Waals surface area contributed by atoms with Gasteiger partial charge in [-0.15, -0.1) is 0 Å². The number of ether oxygens (including phenoxy) is 1. The van der Waals surface area contributed by atoms with E-state index in [9.17, 15) is 14.4 Å². The molecule has 162 valence electrons. The van der Waals surface area contributed by atoms with Gasteiger partial charge in [-0.25, -0.2) is 4.90 Å². The third-order valence-electron chi connectivity index (χ3n) is 5.24. The Morgan fingerprint density at radius 1 is 0.875 bits per heavy atom. The van der Waals surface area contributed by atoms with Crippen LogP contribution >= 0.6 is 0 Å². The van der Waals surface area contributed by atoms with Crippen molar-refractivity contribution in [3.8, 4) is 5.75 Å². The Kier molecular flexibility index (Phi) is 5.53. The van der Waals surface area contributed by atoms with Gasteiger partial charge in [0.05, 0.1) is 16.8 Å². The van der Waals surface area contributed by atoms with Crippen molar-refractivity contribution in [2.75, 3.05) is 16.8 Å². The zero-order valence-corrected chi connectivity index (χ0v) is 18.2. The van der Waals surface area contributed by atoms with Crippen molar-refractivity contribution in [1.29, 1.82) is 0 Å². The summed E-state index contributed by atoms with van der Waals surface area (Å²) in [6.07, 6.45) is 0. The molecule has 32 heavy (non-hydrogen) atoms. The Labute approximate surface area is 186 Å². The van der Waals surface area contributed by atoms with E-state index in [1.165, 1.54) is 0 Å². The van der Waals surface area contributed by atoms with Gasteiger partial charge in [0.2, 0.25) is 0 Å². The van der Waals surface area contributed by atoms with Gasteiger partial charge in [0.15, 0.2) is 6.61 Å². The van der Waals surface area contributed by atoms with E-state index in [0.29, 0.717) is 28.3 Å². The third-order valence-corrected chi connectivity index (χ3v) is 5.24. The second-order valence-electron chi connectivity index (χ2n) is 8.62. The molecule has 0 fully saturated rings. The molecule has 0 radical (unpaired) electrons. The average molecular weight is 428 g/mol. The quantitative estimate of drug-likeness (QED) is 0.592. The molecule has 1 aliphatic heterocycles. The summed E-state index contributed by atoms with van der Waals surface area (Å²) in [7, 11) is 0. The second-order valence-corrected chi connectivity index (χ2v) is 8.62. The number of nitrogens with one attached hydrogen (secondary N) is 1. The normalized spacial score (nSPS) is 13.2. The molecule has 6 nitrogen and oxygen atoms in total. The molecular formula is C26H24N2O4. The van der Waals surface area contributed by atoms with Crippen LogP contribution in [0.5, 0.6) is 5.75 Å². The molecule has 0 aliphatic carbocycles. The molecule has 1 N–H and O–H groups in total. The van der Waals surface area contributed by atoms with E-state index in [1.807, 2.05) is 24.3 Å². The largest absolute Gasteiger partial charge is 0.483 e. The summed E-state index contributed by atoms with van der Waals surface area (Å²) in [5.41, 5.74) is 2.51. The number of fused-ring (bicyclic) bond motifs is 1. The number of carbonyl (C=O) groups excluding carboxylic acids is 3. The molecular weight excluding hydrogens is 404 g/mol. The monoisotopic (exact) mass is 428 g/mol. The van der Waals surface area contributed by atoms with Crippen LogP contribution in [-0.4, -0.2) is 24.3 Å². The first-order valence-corrected chi connectivity index (χ1v) is 10.4. The van der Waals surface area contributed by atoms with Crippen LogP contribution in [0, 0.1) is 0 Å². The highest BCUT2D eigenvalue weighted by Gasteiger charge is 2.36. The first kappa shape index (κ1) is 21.3. The predicted octanol–water partition coefficient (Wildman–Crippen LogP) is 4.80. The van der Waals surface area contributed by atoms with E-state index in [0.717, 1.165) is 10.5 Å². The zero-order valence-electron chi connectivity index (χ0n) is 18.2. The maximum atomic E-state index is 12.7. The summed E-state index contributed by atoms with van der Waals surface area (Å²) in [5, 5.41) is 2.77. The van der Waals surface area contributed by atoms with Crippen molar-refractivity contribution in [3.63, 3.8) is 0 Å². The van der Waals surface area contributed by atoms with Gasteiger partial charge in [0, 0.05) is 5.69 Å². The van der Waals surface area contributed by atoms with E-state index in [2.05, 4.69) is 26.1 Å². The Hall–Kier alpha value is -3.93. The summed E-state index contributed by atoms with van der Waals surface area (Å²) >= 11 is 0. The fourth-order valence-electron chi connectivity index (χ4n) is 3.70. The number of hydrogen-bond acceptors (Lipinski definition) is 4. The van der Waals surface area contributed by atoms with Crippen LogP contribution in [0.15, 0.2) is 72.8 Å². The fourth-order valence-corrected chi connectivity index (χ4v) is 3.70. The highest BCUT2D eigenvalue weighted by Crippen LogP contribution is 2.31. The van der Waals surface area contributed by atoms with Crippen LogP contribution in [0.1, 0.15) is 47.1 Å². The number of carbonyl (C=O) groups is 3. The summed E-state index contributed by atoms with van der Waals surface area (Å²) < 4.78 is 5.77. The molecule has 0 unspecified atom stereocenters. The maximum absolute atomic E-state index is 12.7. The van der Waals surface area contributed by atoms with Crippen molar-refractivity contribution in [1.82, 2.24) is 0 Å². The first-order valence-electron chi connectivity index (χ1n) is 10.4. The molecule has 0 atom stereocenters. The zero-order chi connectivity index (χ0) is 22.9. The Bertz CT molecular complexity index is 1180. The molecule has 3 aromatic carbocycles. The minimum atomic E-state index is -0.379.